The van der Waals surface area contributed by atoms with Gasteiger partial charge in [-0.05, 0) is 23.9 Å². The molecule has 0 aliphatic rings. The lowest BCUT2D eigenvalue weighted by molar-refractivity contribution is -0.141. The molecule has 0 radical (unpaired) electrons. The Bertz CT molecular complexity index is 639. The highest BCUT2D eigenvalue weighted by molar-refractivity contribution is 5.87. The van der Waals surface area contributed by atoms with E-state index in [2.05, 4.69) is 12.1 Å². The van der Waals surface area contributed by atoms with Crippen LogP contribution < -0.4 is 4.74 Å². The number of methoxy groups -OCH3 is 1. The van der Waals surface area contributed by atoms with E-state index in [4.69, 9.17) is 9.84 Å². The number of carbonyl (C=O) groups is 1. The molecule has 0 spiro atoms. The summed E-state index contributed by atoms with van der Waals surface area (Å²) in [4.78, 5) is 13.0. The number of rotatable bonds is 6. The Morgan fingerprint density at radius 1 is 1.29 bits per heavy atom. The van der Waals surface area contributed by atoms with Gasteiger partial charge in [-0.3, -0.25) is 4.79 Å². The second-order valence-corrected chi connectivity index (χ2v) is 5.40. The molecule has 0 amide bonds. The number of hydrogen-bond donors (Lipinski definition) is 1. The van der Waals surface area contributed by atoms with E-state index >= 15 is 0 Å². The largest absolute Gasteiger partial charge is 0.496 e. The zero-order valence-corrected chi connectivity index (χ0v) is 12.7. The van der Waals surface area contributed by atoms with E-state index in [-0.39, 0.29) is 0 Å². The molecule has 0 aromatic heterocycles. The lowest BCUT2D eigenvalue weighted by Crippen LogP contribution is -2.28. The highest BCUT2D eigenvalue weighted by atomic mass is 16.5. The Labute approximate surface area is 124 Å². The Balaban J connectivity index is 2.29. The molecule has 1 unspecified atom stereocenters. The zero-order valence-electron chi connectivity index (χ0n) is 12.7. The summed E-state index contributed by atoms with van der Waals surface area (Å²) in [5, 5.41) is 11.3. The second-order valence-electron chi connectivity index (χ2n) is 5.40. The number of benzene rings is 2. The van der Waals surface area contributed by atoms with E-state index in [1.165, 1.54) is 0 Å². The Hall–Kier alpha value is -2.07. The van der Waals surface area contributed by atoms with E-state index in [0.717, 1.165) is 22.1 Å². The third-order valence-electron chi connectivity index (χ3n) is 3.65. The SMILES string of the molecule is COc1ccc2ccccc2c1CN(C)CC(C)C(=O)O. The van der Waals surface area contributed by atoms with Crippen LogP contribution in [-0.4, -0.2) is 36.7 Å². The molecule has 1 N–H and O–H groups in total. The first-order valence-corrected chi connectivity index (χ1v) is 6.99. The second kappa shape index (κ2) is 6.59. The molecular formula is C17H21NO3. The lowest BCUT2D eigenvalue weighted by atomic mass is 10.0. The molecule has 0 saturated carbocycles. The fourth-order valence-electron chi connectivity index (χ4n) is 2.55. The third-order valence-corrected chi connectivity index (χ3v) is 3.65. The quantitative estimate of drug-likeness (QED) is 0.887. The minimum absolute atomic E-state index is 0.393. The van der Waals surface area contributed by atoms with Crippen molar-refractivity contribution in [2.75, 3.05) is 20.7 Å². The van der Waals surface area contributed by atoms with Crippen LogP contribution in [0, 0.1) is 5.92 Å². The normalized spacial score (nSPS) is 12.6. The van der Waals surface area contributed by atoms with Crippen LogP contribution in [0.3, 0.4) is 0 Å². The van der Waals surface area contributed by atoms with Crippen molar-refractivity contribution in [3.8, 4) is 5.75 Å². The van der Waals surface area contributed by atoms with E-state index in [1.807, 2.05) is 36.2 Å². The molecule has 0 aliphatic carbocycles. The highest BCUT2D eigenvalue weighted by Crippen LogP contribution is 2.29. The fraction of sp³-hybridized carbons (Fsp3) is 0.353. The van der Waals surface area contributed by atoms with E-state index < -0.39 is 11.9 Å². The summed E-state index contributed by atoms with van der Waals surface area (Å²) in [7, 11) is 3.59. The van der Waals surface area contributed by atoms with Gasteiger partial charge in [0.15, 0.2) is 0 Å². The molecule has 1 atom stereocenters. The van der Waals surface area contributed by atoms with Crippen LogP contribution in [-0.2, 0) is 11.3 Å². The van der Waals surface area contributed by atoms with Crippen molar-refractivity contribution in [3.05, 3.63) is 42.0 Å². The molecule has 0 heterocycles. The minimum Gasteiger partial charge on any atom is -0.496 e. The molecule has 2 aromatic carbocycles. The average molecular weight is 287 g/mol. The molecule has 4 heteroatoms. The predicted molar refractivity (Wildman–Crippen MR) is 83.6 cm³/mol. The van der Waals surface area contributed by atoms with Crippen molar-refractivity contribution < 1.29 is 14.6 Å². The Kier molecular flexibility index (Phi) is 4.81. The highest BCUT2D eigenvalue weighted by Gasteiger charge is 2.16. The summed E-state index contributed by atoms with van der Waals surface area (Å²) in [6.07, 6.45) is 0. The lowest BCUT2D eigenvalue weighted by Gasteiger charge is -2.21. The predicted octanol–water partition coefficient (Wildman–Crippen LogP) is 3.00. The van der Waals surface area contributed by atoms with Crippen molar-refractivity contribution in [2.24, 2.45) is 5.92 Å². The standard InChI is InChI=1S/C17H21NO3/c1-12(17(19)20)10-18(2)11-15-14-7-5-4-6-13(14)8-9-16(15)21-3/h4-9,12H,10-11H2,1-3H3,(H,19,20). The summed E-state index contributed by atoms with van der Waals surface area (Å²) in [6, 6.07) is 12.2. The van der Waals surface area contributed by atoms with Gasteiger partial charge in [-0.25, -0.2) is 0 Å². The number of carboxylic acids is 1. The van der Waals surface area contributed by atoms with Gasteiger partial charge in [0.1, 0.15) is 5.75 Å². The topological polar surface area (TPSA) is 49.8 Å². The van der Waals surface area contributed by atoms with Crippen LogP contribution in [0.5, 0.6) is 5.75 Å². The van der Waals surface area contributed by atoms with Crippen molar-refractivity contribution in [2.45, 2.75) is 13.5 Å². The smallest absolute Gasteiger partial charge is 0.307 e. The molecule has 0 fully saturated rings. The van der Waals surface area contributed by atoms with Crippen LogP contribution in [0.15, 0.2) is 36.4 Å². The van der Waals surface area contributed by atoms with Crippen molar-refractivity contribution in [1.29, 1.82) is 0 Å². The van der Waals surface area contributed by atoms with Crippen molar-refractivity contribution in [3.63, 3.8) is 0 Å². The van der Waals surface area contributed by atoms with Gasteiger partial charge >= 0.3 is 5.97 Å². The van der Waals surface area contributed by atoms with Gasteiger partial charge in [-0.2, -0.15) is 0 Å². The third kappa shape index (κ3) is 3.52. The summed E-state index contributed by atoms with van der Waals surface area (Å²) in [6.45, 7) is 2.88. The fourth-order valence-corrected chi connectivity index (χ4v) is 2.55. The van der Waals surface area contributed by atoms with Gasteiger partial charge in [0.25, 0.3) is 0 Å². The van der Waals surface area contributed by atoms with Gasteiger partial charge < -0.3 is 14.7 Å². The number of hydrogen-bond acceptors (Lipinski definition) is 3. The summed E-state index contributed by atoms with van der Waals surface area (Å²) >= 11 is 0. The monoisotopic (exact) mass is 287 g/mol. The number of nitrogens with zero attached hydrogens (tertiary/aromatic N) is 1. The van der Waals surface area contributed by atoms with Crippen LogP contribution >= 0.6 is 0 Å². The summed E-state index contributed by atoms with van der Waals surface area (Å²) < 4.78 is 5.46. The first-order chi connectivity index (χ1) is 10.0. The number of carboxylic acid groups (broad SMARTS) is 1. The maximum Gasteiger partial charge on any atom is 0.307 e. The Morgan fingerprint density at radius 2 is 2.00 bits per heavy atom. The molecule has 21 heavy (non-hydrogen) atoms. The van der Waals surface area contributed by atoms with E-state index in [1.54, 1.807) is 14.0 Å². The average Bonchev–Trinajstić information content (AvgIpc) is 2.47. The molecule has 0 aliphatic heterocycles. The van der Waals surface area contributed by atoms with Crippen molar-refractivity contribution >= 4 is 16.7 Å². The molecule has 4 nitrogen and oxygen atoms in total. The van der Waals surface area contributed by atoms with Crippen LogP contribution in [0.1, 0.15) is 12.5 Å². The molecule has 2 aromatic rings. The number of aliphatic carboxylic acids is 1. The van der Waals surface area contributed by atoms with Gasteiger partial charge in [-0.15, -0.1) is 0 Å². The maximum absolute atomic E-state index is 11.0. The van der Waals surface area contributed by atoms with Gasteiger partial charge in [0.2, 0.25) is 0 Å². The number of ether oxygens (including phenoxy) is 1. The Morgan fingerprint density at radius 3 is 2.67 bits per heavy atom. The van der Waals surface area contributed by atoms with E-state index in [9.17, 15) is 4.79 Å². The zero-order chi connectivity index (χ0) is 15.4. The van der Waals surface area contributed by atoms with Crippen LogP contribution in [0.2, 0.25) is 0 Å². The molecule has 0 bridgehead atoms. The summed E-state index contributed by atoms with van der Waals surface area (Å²) in [5.41, 5.74) is 1.09. The molecule has 112 valence electrons. The molecular weight excluding hydrogens is 266 g/mol. The summed E-state index contributed by atoms with van der Waals surface area (Å²) in [5.74, 6) is -0.328. The minimum atomic E-state index is -0.772. The first-order valence-electron chi connectivity index (χ1n) is 6.99. The molecule has 0 saturated heterocycles. The van der Waals surface area contributed by atoms with Crippen molar-refractivity contribution in [1.82, 2.24) is 4.90 Å². The van der Waals surface area contributed by atoms with Gasteiger partial charge in [0, 0.05) is 18.7 Å². The first kappa shape index (κ1) is 15.3. The van der Waals surface area contributed by atoms with Gasteiger partial charge in [-0.1, -0.05) is 37.3 Å². The maximum atomic E-state index is 11.0. The van der Waals surface area contributed by atoms with Crippen LogP contribution in [0.4, 0.5) is 0 Å². The molecule has 2 rings (SSSR count). The van der Waals surface area contributed by atoms with Gasteiger partial charge in [0.05, 0.1) is 13.0 Å². The van der Waals surface area contributed by atoms with E-state index in [0.29, 0.717) is 13.1 Å². The number of fused-ring (bicyclic) bond motifs is 1. The van der Waals surface area contributed by atoms with Crippen LogP contribution in [0.25, 0.3) is 10.8 Å².